The van der Waals surface area contributed by atoms with Gasteiger partial charge >= 0.3 is 0 Å². The van der Waals surface area contributed by atoms with Crippen LogP contribution in [0.5, 0.6) is 0 Å². The Morgan fingerprint density at radius 3 is 1.91 bits per heavy atom. The van der Waals surface area contributed by atoms with Crippen molar-refractivity contribution in [3.63, 3.8) is 0 Å². The first-order valence-electron chi connectivity index (χ1n) is 13.3. The van der Waals surface area contributed by atoms with E-state index in [4.69, 9.17) is 9.97 Å². The normalized spacial score (nSPS) is 14.2. The van der Waals surface area contributed by atoms with E-state index in [0.717, 1.165) is 62.8 Å². The van der Waals surface area contributed by atoms with Gasteiger partial charge in [0.25, 0.3) is 10.0 Å². The minimum atomic E-state index is -3.74. The Hall–Kier alpha value is -3.73. The van der Waals surface area contributed by atoms with Crippen molar-refractivity contribution in [3.8, 4) is 0 Å². The number of nitrogens with one attached hydrogen (secondary N) is 3. The van der Waals surface area contributed by atoms with Crippen molar-refractivity contribution in [2.45, 2.75) is 37.0 Å². The number of rotatable bonds is 7. The molecule has 0 aliphatic carbocycles. The van der Waals surface area contributed by atoms with Gasteiger partial charge in [-0.3, -0.25) is 4.72 Å². The predicted octanol–water partition coefficient (Wildman–Crippen LogP) is 4.97. The summed E-state index contributed by atoms with van der Waals surface area (Å²) in [5.74, 6) is 1.85. The first-order chi connectivity index (χ1) is 19.0. The molecule has 0 amide bonds. The number of halogens is 1. The molecule has 16 heteroatoms. The number of aromatic amines is 1. The highest BCUT2D eigenvalue weighted by atomic mass is 35.5. The van der Waals surface area contributed by atoms with E-state index in [1.165, 1.54) is 13.5 Å². The lowest BCUT2D eigenvalue weighted by Crippen LogP contribution is -2.32. The molecule has 0 radical (unpaired) electrons. The fraction of sp³-hybridized carbons (Fsp3) is 0.370. The van der Waals surface area contributed by atoms with E-state index in [-0.39, 0.29) is 40.8 Å². The van der Waals surface area contributed by atoms with E-state index < -0.39 is 10.0 Å². The average molecular weight is 646 g/mol. The van der Waals surface area contributed by atoms with Gasteiger partial charge in [-0.1, -0.05) is 6.07 Å². The van der Waals surface area contributed by atoms with Crippen LogP contribution in [0.2, 0.25) is 0 Å². The Balaban J connectivity index is -0.000000908. The third-order valence-electron chi connectivity index (χ3n) is 6.87. The Kier molecular flexibility index (Phi) is 14.6. The second-order valence-corrected chi connectivity index (χ2v) is 11.2. The number of piperidine rings is 1. The zero-order valence-electron chi connectivity index (χ0n) is 24.4. The lowest BCUT2D eigenvalue weighted by molar-refractivity contribution is 0.567. The minimum Gasteiger partial charge on any atom is -0.412 e. The molecular formula is C27H52ClN11O3S. The highest BCUT2D eigenvalue weighted by Gasteiger charge is 2.21. The van der Waals surface area contributed by atoms with Gasteiger partial charge in [0, 0.05) is 49.3 Å². The van der Waals surface area contributed by atoms with Crippen molar-refractivity contribution in [3.05, 3.63) is 54.7 Å². The molecule has 0 atom stereocenters. The van der Waals surface area contributed by atoms with Crippen LogP contribution in [0.4, 0.5) is 29.2 Å². The van der Waals surface area contributed by atoms with Crippen LogP contribution in [0.3, 0.4) is 0 Å². The van der Waals surface area contributed by atoms with Crippen LogP contribution in [0.1, 0.15) is 37.8 Å². The van der Waals surface area contributed by atoms with Gasteiger partial charge in [-0.15, -0.1) is 12.4 Å². The van der Waals surface area contributed by atoms with Crippen LogP contribution in [-0.2, 0) is 10.0 Å². The molecule has 43 heavy (non-hydrogen) atoms. The first-order valence-corrected chi connectivity index (χ1v) is 14.8. The molecular weight excluding hydrogens is 594 g/mol. The van der Waals surface area contributed by atoms with Crippen molar-refractivity contribution >= 4 is 62.6 Å². The predicted molar refractivity (Wildman–Crippen MR) is 186 cm³/mol. The molecule has 0 spiro atoms. The quantitative estimate of drug-likeness (QED) is 0.156. The summed E-state index contributed by atoms with van der Waals surface area (Å²) < 4.78 is 28.6. The van der Waals surface area contributed by atoms with E-state index in [1.54, 1.807) is 36.4 Å². The Morgan fingerprint density at radius 2 is 1.33 bits per heavy atom. The fourth-order valence-corrected chi connectivity index (χ4v) is 5.93. The van der Waals surface area contributed by atoms with Crippen molar-refractivity contribution < 1.29 is 19.6 Å². The average Bonchev–Trinajstić information content (AvgIpc) is 3.67. The van der Waals surface area contributed by atoms with E-state index >= 15 is 0 Å². The van der Waals surface area contributed by atoms with Crippen molar-refractivity contribution in [2.24, 2.45) is 5.73 Å². The zero-order valence-corrected chi connectivity index (χ0v) is 26.1. The lowest BCUT2D eigenvalue weighted by atomic mass is 10.1. The summed E-state index contributed by atoms with van der Waals surface area (Å²) in [4.78, 5) is 21.9. The number of hydrogen-bond acceptors (Lipinski definition) is 11. The lowest BCUT2D eigenvalue weighted by Gasteiger charge is -2.27. The highest BCUT2D eigenvalue weighted by molar-refractivity contribution is 7.92. The van der Waals surface area contributed by atoms with Crippen LogP contribution >= 0.6 is 12.4 Å². The number of H-pyrrole nitrogens is 1. The second kappa shape index (κ2) is 16.8. The molecule has 2 aliphatic heterocycles. The summed E-state index contributed by atoms with van der Waals surface area (Å²) >= 11 is 0. The molecule has 0 bridgehead atoms. The first kappa shape index (κ1) is 37.3. The third kappa shape index (κ3) is 8.89. The molecule has 2 aliphatic rings. The van der Waals surface area contributed by atoms with Gasteiger partial charge < -0.3 is 43.6 Å². The maximum absolute atomic E-state index is 13.0. The molecule has 4 heterocycles. The molecule has 4 aromatic rings. The maximum Gasteiger partial charge on any atom is 0.261 e. The minimum absolute atomic E-state index is 0. The van der Waals surface area contributed by atoms with Gasteiger partial charge in [0.15, 0.2) is 0 Å². The van der Waals surface area contributed by atoms with Crippen LogP contribution in [0.25, 0.3) is 10.9 Å². The number of fused-ring (bicyclic) bond motifs is 1. The van der Waals surface area contributed by atoms with E-state index in [1.807, 2.05) is 18.3 Å². The van der Waals surface area contributed by atoms with Crippen molar-refractivity contribution in [2.75, 3.05) is 53.1 Å². The largest absolute Gasteiger partial charge is 0.412 e. The zero-order chi connectivity index (χ0) is 27.2. The van der Waals surface area contributed by atoms with Gasteiger partial charge in [-0.2, -0.15) is 15.0 Å². The molecule has 14 nitrogen and oxygen atoms in total. The molecule has 0 saturated carbocycles. The van der Waals surface area contributed by atoms with Gasteiger partial charge in [0.05, 0.1) is 10.6 Å². The number of nitrogens with zero attached hydrogens (tertiary/aromatic N) is 5. The van der Waals surface area contributed by atoms with Gasteiger partial charge in [0.2, 0.25) is 17.8 Å². The summed E-state index contributed by atoms with van der Waals surface area (Å²) in [7, 11) is -2.24. The molecule has 0 unspecified atom stereocenters. The Bertz CT molecular complexity index is 1530. The number of benzene rings is 2. The fourth-order valence-electron chi connectivity index (χ4n) is 4.88. The number of anilines is 5. The smallest absolute Gasteiger partial charge is 0.261 e. The van der Waals surface area contributed by atoms with Crippen LogP contribution in [0, 0.1) is 0 Å². The molecule has 2 saturated heterocycles. The SMILES string of the molecule is CN.Cl.N.N.O.O=S(=O)(Nc1ccc2cc[nH]c2c1)c1ccc(Nc2nc(N3CCCCC3)nc(N3CCCC3)n2)cc1.[HH].[HH].[HH].[HH]. The van der Waals surface area contributed by atoms with Gasteiger partial charge in [0.1, 0.15) is 0 Å². The van der Waals surface area contributed by atoms with Gasteiger partial charge in [-0.05, 0) is 87.0 Å². The van der Waals surface area contributed by atoms with Gasteiger partial charge in [-0.25, -0.2) is 8.42 Å². The summed E-state index contributed by atoms with van der Waals surface area (Å²) in [5.41, 5.74) is 6.58. The van der Waals surface area contributed by atoms with Crippen LogP contribution in [-0.4, -0.2) is 67.1 Å². The molecule has 2 aromatic carbocycles. The molecule has 246 valence electrons. The van der Waals surface area contributed by atoms with Crippen LogP contribution in [0.15, 0.2) is 59.6 Å². The monoisotopic (exact) mass is 645 g/mol. The number of aromatic nitrogens is 4. The maximum atomic E-state index is 13.0. The molecule has 6 rings (SSSR count). The van der Waals surface area contributed by atoms with E-state index in [2.05, 4.69) is 35.5 Å². The van der Waals surface area contributed by atoms with E-state index in [0.29, 0.717) is 29.2 Å². The summed E-state index contributed by atoms with van der Waals surface area (Å²) in [6, 6.07) is 13.9. The molecule has 2 fully saturated rings. The molecule has 2 aromatic heterocycles. The second-order valence-electron chi connectivity index (χ2n) is 9.54. The topological polar surface area (TPSA) is 247 Å². The molecule has 13 N–H and O–H groups in total. The number of sulfonamides is 1. The summed E-state index contributed by atoms with van der Waals surface area (Å²) in [5, 5.41) is 4.28. The van der Waals surface area contributed by atoms with Crippen molar-refractivity contribution in [1.82, 2.24) is 32.2 Å². The standard InChI is InChI=1S/C26H30N8O2S.CH5N.ClH.2H3N.H2O.4H2/c35-37(36,32-21-7-6-19-12-13-27-23(19)18-21)22-10-8-20(9-11-22)28-24-29-25(33-14-2-1-3-15-33)31-26(30-24)34-16-4-5-17-34;1-2;;;;;;;;/h6-13,18,27,32H,1-5,14-17H2,(H,28,29,30,31);2H2,1H3;1H;2*1H3;1H2;4*1H. The number of nitrogens with two attached hydrogens (primary N) is 1. The Morgan fingerprint density at radius 1 is 0.791 bits per heavy atom. The Labute approximate surface area is 264 Å². The summed E-state index contributed by atoms with van der Waals surface area (Å²) in [6.07, 6.45) is 7.60. The summed E-state index contributed by atoms with van der Waals surface area (Å²) in [6.45, 7) is 3.77. The van der Waals surface area contributed by atoms with Crippen molar-refractivity contribution in [1.29, 1.82) is 0 Å². The van der Waals surface area contributed by atoms with E-state index in [9.17, 15) is 8.42 Å². The third-order valence-corrected chi connectivity index (χ3v) is 8.26. The van der Waals surface area contributed by atoms with Crippen LogP contribution < -0.4 is 37.9 Å². The highest BCUT2D eigenvalue weighted by Crippen LogP contribution is 2.26. The number of hydrogen-bond donors (Lipinski definition) is 6.